The molecule has 9 nitrogen and oxygen atoms in total. The number of benzene rings is 1. The van der Waals surface area contributed by atoms with Gasteiger partial charge in [-0.1, -0.05) is 0 Å². The molecule has 0 saturated carbocycles. The molecule has 22 heavy (non-hydrogen) atoms. The van der Waals surface area contributed by atoms with E-state index < -0.39 is 18.3 Å². The van der Waals surface area contributed by atoms with Crippen LogP contribution in [0, 0.1) is 6.92 Å². The van der Waals surface area contributed by atoms with E-state index in [0.717, 1.165) is 0 Å². The fourth-order valence-corrected chi connectivity index (χ4v) is 1.53. The molecule has 0 atom stereocenters. The van der Waals surface area contributed by atoms with Gasteiger partial charge in [0, 0.05) is 5.69 Å². The van der Waals surface area contributed by atoms with Crippen molar-refractivity contribution in [2.24, 2.45) is 0 Å². The van der Waals surface area contributed by atoms with Crippen molar-refractivity contribution in [2.45, 2.75) is 6.92 Å². The van der Waals surface area contributed by atoms with E-state index in [1.807, 2.05) is 0 Å². The molecule has 0 bridgehead atoms. The highest BCUT2D eigenvalue weighted by Gasteiger charge is 2.14. The van der Waals surface area contributed by atoms with Crippen molar-refractivity contribution >= 4 is 35.3 Å². The zero-order valence-corrected chi connectivity index (χ0v) is 12.6. The molecule has 3 amide bonds. The molecule has 0 fully saturated rings. The number of carbonyl (C=O) groups is 3. The van der Waals surface area contributed by atoms with Crippen LogP contribution in [0.1, 0.15) is 5.56 Å². The molecule has 0 aliphatic heterocycles. The Morgan fingerprint density at radius 2 is 1.09 bits per heavy atom. The predicted octanol–water partition coefficient (Wildman–Crippen LogP) is 2.53. The first kappa shape index (κ1) is 17.1. The van der Waals surface area contributed by atoms with Crippen LogP contribution in [0.2, 0.25) is 0 Å². The summed E-state index contributed by atoms with van der Waals surface area (Å²) in [4.78, 5) is 34.0. The second-order valence-electron chi connectivity index (χ2n) is 4.06. The summed E-state index contributed by atoms with van der Waals surface area (Å²) in [6.07, 6.45) is -2.11. The topological polar surface area (TPSA) is 115 Å². The first-order valence-corrected chi connectivity index (χ1v) is 6.10. The molecule has 1 aromatic rings. The first-order valence-electron chi connectivity index (χ1n) is 6.10. The maximum absolute atomic E-state index is 11.4. The summed E-state index contributed by atoms with van der Waals surface area (Å²) >= 11 is 0. The Bertz CT molecular complexity index is 587. The van der Waals surface area contributed by atoms with E-state index in [1.165, 1.54) is 27.4 Å². The average molecular weight is 311 g/mol. The largest absolute Gasteiger partial charge is 0.453 e. The third-order valence-corrected chi connectivity index (χ3v) is 2.63. The highest BCUT2D eigenvalue weighted by Crippen LogP contribution is 2.30. The molecule has 1 aromatic carbocycles. The van der Waals surface area contributed by atoms with E-state index in [2.05, 4.69) is 30.2 Å². The SMILES string of the molecule is COC(=O)Nc1cc(NC(=O)OC)c(NC(=O)OC)cc1C. The Labute approximate surface area is 126 Å². The molecular weight excluding hydrogens is 294 g/mol. The molecular formula is C13H17N3O6. The minimum absolute atomic E-state index is 0.217. The van der Waals surface area contributed by atoms with E-state index in [9.17, 15) is 14.4 Å². The molecule has 0 radical (unpaired) electrons. The molecule has 0 saturated heterocycles. The summed E-state index contributed by atoms with van der Waals surface area (Å²) in [5.41, 5.74) is 1.53. The third-order valence-electron chi connectivity index (χ3n) is 2.63. The van der Waals surface area contributed by atoms with Gasteiger partial charge in [0.25, 0.3) is 0 Å². The van der Waals surface area contributed by atoms with Crippen molar-refractivity contribution in [1.82, 2.24) is 0 Å². The number of anilines is 3. The number of aryl methyl sites for hydroxylation is 1. The Kier molecular flexibility index (Phi) is 5.99. The van der Waals surface area contributed by atoms with Crippen LogP contribution in [0.5, 0.6) is 0 Å². The number of methoxy groups -OCH3 is 3. The molecule has 0 aromatic heterocycles. The summed E-state index contributed by atoms with van der Waals surface area (Å²) in [6.45, 7) is 1.70. The van der Waals surface area contributed by atoms with Crippen LogP contribution in [0.3, 0.4) is 0 Å². The van der Waals surface area contributed by atoms with Crippen molar-refractivity contribution in [2.75, 3.05) is 37.3 Å². The lowest BCUT2D eigenvalue weighted by atomic mass is 10.1. The van der Waals surface area contributed by atoms with Gasteiger partial charge < -0.3 is 14.2 Å². The fourth-order valence-electron chi connectivity index (χ4n) is 1.53. The van der Waals surface area contributed by atoms with E-state index in [0.29, 0.717) is 11.3 Å². The number of amides is 3. The molecule has 120 valence electrons. The van der Waals surface area contributed by atoms with Crippen molar-refractivity contribution in [3.05, 3.63) is 17.7 Å². The second kappa shape index (κ2) is 7.72. The third kappa shape index (κ3) is 4.54. The first-order chi connectivity index (χ1) is 10.4. The van der Waals surface area contributed by atoms with Crippen molar-refractivity contribution in [1.29, 1.82) is 0 Å². The summed E-state index contributed by atoms with van der Waals surface area (Å²) in [7, 11) is 3.64. The van der Waals surface area contributed by atoms with Crippen LogP contribution in [-0.2, 0) is 14.2 Å². The van der Waals surface area contributed by atoms with E-state index >= 15 is 0 Å². The predicted molar refractivity (Wildman–Crippen MR) is 79.3 cm³/mol. The zero-order chi connectivity index (χ0) is 16.7. The standard InChI is InChI=1S/C13H17N3O6/c1-7-5-9(15-12(18)21-3)10(16-13(19)22-4)6-8(7)14-11(17)20-2/h5-6H,1-4H3,(H,14,17)(H,15,18)(H,16,19). The van der Waals surface area contributed by atoms with Crippen molar-refractivity contribution < 1.29 is 28.6 Å². The maximum Gasteiger partial charge on any atom is 0.411 e. The quantitative estimate of drug-likeness (QED) is 0.739. The van der Waals surface area contributed by atoms with Crippen LogP contribution in [0.25, 0.3) is 0 Å². The van der Waals surface area contributed by atoms with Gasteiger partial charge >= 0.3 is 18.3 Å². The minimum atomic E-state index is -0.735. The summed E-state index contributed by atoms with van der Waals surface area (Å²) in [6, 6.07) is 3.00. The smallest absolute Gasteiger partial charge is 0.411 e. The van der Waals surface area contributed by atoms with Crippen LogP contribution >= 0.6 is 0 Å². The highest BCUT2D eigenvalue weighted by atomic mass is 16.5. The lowest BCUT2D eigenvalue weighted by Gasteiger charge is -2.15. The number of nitrogens with one attached hydrogen (secondary N) is 3. The van der Waals surface area contributed by atoms with Gasteiger partial charge in [-0.3, -0.25) is 16.0 Å². The van der Waals surface area contributed by atoms with Crippen LogP contribution in [0.4, 0.5) is 31.4 Å². The van der Waals surface area contributed by atoms with Gasteiger partial charge in [-0.2, -0.15) is 0 Å². The lowest BCUT2D eigenvalue weighted by Crippen LogP contribution is -2.18. The van der Waals surface area contributed by atoms with Crippen LogP contribution in [0.15, 0.2) is 12.1 Å². The monoisotopic (exact) mass is 311 g/mol. The average Bonchev–Trinajstić information content (AvgIpc) is 2.50. The van der Waals surface area contributed by atoms with Gasteiger partial charge in [0.15, 0.2) is 0 Å². The molecule has 3 N–H and O–H groups in total. The summed E-state index contributed by atoms with van der Waals surface area (Å²) in [5, 5.41) is 7.36. The molecule has 0 aliphatic rings. The minimum Gasteiger partial charge on any atom is -0.453 e. The Balaban J connectivity index is 3.19. The Hall–Kier alpha value is -2.97. The van der Waals surface area contributed by atoms with E-state index in [4.69, 9.17) is 0 Å². The van der Waals surface area contributed by atoms with Gasteiger partial charge in [0.1, 0.15) is 0 Å². The Morgan fingerprint density at radius 3 is 1.50 bits per heavy atom. The number of hydrogen-bond donors (Lipinski definition) is 3. The van der Waals surface area contributed by atoms with E-state index in [-0.39, 0.29) is 11.4 Å². The molecule has 0 spiro atoms. The van der Waals surface area contributed by atoms with Crippen molar-refractivity contribution in [3.63, 3.8) is 0 Å². The number of hydrogen-bond acceptors (Lipinski definition) is 6. The van der Waals surface area contributed by atoms with Crippen LogP contribution < -0.4 is 16.0 Å². The number of carbonyl (C=O) groups excluding carboxylic acids is 3. The summed E-state index contributed by atoms with van der Waals surface area (Å²) in [5.74, 6) is 0. The van der Waals surface area contributed by atoms with E-state index in [1.54, 1.807) is 13.0 Å². The lowest BCUT2D eigenvalue weighted by molar-refractivity contribution is 0.185. The zero-order valence-electron chi connectivity index (χ0n) is 12.6. The van der Waals surface area contributed by atoms with Gasteiger partial charge in [0.05, 0.1) is 32.7 Å². The van der Waals surface area contributed by atoms with Crippen LogP contribution in [-0.4, -0.2) is 39.6 Å². The second-order valence-corrected chi connectivity index (χ2v) is 4.06. The molecule has 9 heteroatoms. The van der Waals surface area contributed by atoms with Gasteiger partial charge in [-0.25, -0.2) is 14.4 Å². The summed E-state index contributed by atoms with van der Waals surface area (Å²) < 4.78 is 13.5. The normalized spacial score (nSPS) is 9.45. The molecule has 0 aliphatic carbocycles. The van der Waals surface area contributed by atoms with Gasteiger partial charge in [0.2, 0.25) is 0 Å². The molecule has 0 heterocycles. The molecule has 0 unspecified atom stereocenters. The fraction of sp³-hybridized carbons (Fsp3) is 0.308. The van der Waals surface area contributed by atoms with Gasteiger partial charge in [-0.15, -0.1) is 0 Å². The van der Waals surface area contributed by atoms with Crippen molar-refractivity contribution in [3.8, 4) is 0 Å². The number of ether oxygens (including phenoxy) is 3. The number of rotatable bonds is 3. The Morgan fingerprint density at radius 1 is 0.727 bits per heavy atom. The highest BCUT2D eigenvalue weighted by molar-refractivity contribution is 5.98. The van der Waals surface area contributed by atoms with Gasteiger partial charge in [-0.05, 0) is 24.6 Å². The molecule has 1 rings (SSSR count). The maximum atomic E-state index is 11.4.